The summed E-state index contributed by atoms with van der Waals surface area (Å²) in [4.78, 5) is 26.1. The van der Waals surface area contributed by atoms with Crippen LogP contribution < -0.4 is 4.74 Å². The first-order chi connectivity index (χ1) is 21.5. The van der Waals surface area contributed by atoms with Gasteiger partial charge in [0.2, 0.25) is 5.91 Å². The normalized spacial score (nSPS) is 19.6. The second-order valence-electron chi connectivity index (χ2n) is 13.2. The van der Waals surface area contributed by atoms with E-state index in [-0.39, 0.29) is 5.92 Å². The van der Waals surface area contributed by atoms with Gasteiger partial charge in [0.25, 0.3) is 5.92 Å². The predicted molar refractivity (Wildman–Crippen MR) is 168 cm³/mol. The van der Waals surface area contributed by atoms with E-state index in [0.717, 1.165) is 91.4 Å². The molecule has 9 heteroatoms. The second-order valence-corrected chi connectivity index (χ2v) is 13.2. The van der Waals surface area contributed by atoms with Gasteiger partial charge in [-0.25, -0.2) is 9.48 Å². The number of alkyl halides is 2. The minimum Gasteiger partial charge on any atom is -0.489 e. The van der Waals surface area contributed by atoms with Crippen molar-refractivity contribution >= 4 is 17.4 Å². The molecule has 2 heterocycles. The predicted octanol–water partition coefficient (Wildman–Crippen LogP) is 7.76. The minimum absolute atomic E-state index is 0.275. The molecule has 6 rings (SSSR count). The lowest BCUT2D eigenvalue weighted by Gasteiger charge is -2.32. The van der Waals surface area contributed by atoms with Crippen molar-refractivity contribution in [1.29, 1.82) is 0 Å². The molecule has 1 saturated carbocycles. The van der Waals surface area contributed by atoms with E-state index in [1.165, 1.54) is 11.1 Å². The Hall–Kier alpha value is -4.01. The lowest BCUT2D eigenvalue weighted by atomic mass is 9.82. The van der Waals surface area contributed by atoms with Gasteiger partial charge in [0.15, 0.2) is 0 Å². The Bertz CT molecular complexity index is 1630. The molecule has 3 aromatic rings. The molecule has 1 unspecified atom stereocenters. The number of amides is 1. The third-order valence-electron chi connectivity index (χ3n) is 9.58. The molecule has 0 radical (unpaired) electrons. The number of carboxylic acids is 1. The molecule has 238 valence electrons. The van der Waals surface area contributed by atoms with Gasteiger partial charge in [-0.3, -0.25) is 4.79 Å². The molecule has 1 saturated heterocycles. The van der Waals surface area contributed by atoms with E-state index in [1.807, 2.05) is 17.0 Å². The van der Waals surface area contributed by atoms with Crippen LogP contribution >= 0.6 is 0 Å². The monoisotopic (exact) mass is 617 g/mol. The molecule has 45 heavy (non-hydrogen) atoms. The average Bonchev–Trinajstić information content (AvgIpc) is 3.76. The Morgan fingerprint density at radius 1 is 1.07 bits per heavy atom. The summed E-state index contributed by atoms with van der Waals surface area (Å²) in [5.74, 6) is -2.48. The summed E-state index contributed by atoms with van der Waals surface area (Å²) in [5.41, 5.74) is 4.81. The number of aryl methyl sites for hydroxylation is 1. The van der Waals surface area contributed by atoms with Gasteiger partial charge in [-0.1, -0.05) is 31.2 Å². The number of benzene rings is 2. The third kappa shape index (κ3) is 6.67. The summed E-state index contributed by atoms with van der Waals surface area (Å²) in [6.07, 6.45) is 7.79. The molecule has 7 nitrogen and oxygen atoms in total. The number of halogens is 2. The highest BCUT2D eigenvalue weighted by Crippen LogP contribution is 2.39. The topological polar surface area (TPSA) is 84.7 Å². The number of carbonyl (C=O) groups is 2. The van der Waals surface area contributed by atoms with Crippen molar-refractivity contribution in [3.05, 3.63) is 82.2 Å². The Morgan fingerprint density at radius 2 is 1.82 bits per heavy atom. The van der Waals surface area contributed by atoms with Crippen LogP contribution in [-0.2, 0) is 10.7 Å². The largest absolute Gasteiger partial charge is 0.489 e. The molecule has 1 aliphatic heterocycles. The Morgan fingerprint density at radius 3 is 2.49 bits per heavy atom. The third-order valence-corrected chi connectivity index (χ3v) is 9.58. The van der Waals surface area contributed by atoms with Crippen molar-refractivity contribution in [1.82, 2.24) is 14.7 Å². The maximum absolute atomic E-state index is 14.6. The van der Waals surface area contributed by atoms with Crippen molar-refractivity contribution in [3.63, 3.8) is 0 Å². The van der Waals surface area contributed by atoms with E-state index >= 15 is 0 Å². The first-order valence-electron chi connectivity index (χ1n) is 16.0. The van der Waals surface area contributed by atoms with E-state index in [2.05, 4.69) is 37.1 Å². The zero-order valence-corrected chi connectivity index (χ0v) is 26.2. The minimum atomic E-state index is -3.39. The average molecular weight is 618 g/mol. The maximum atomic E-state index is 14.6. The summed E-state index contributed by atoms with van der Waals surface area (Å²) in [6.45, 7) is 7.06. The molecular weight excluding hydrogens is 576 g/mol. The summed E-state index contributed by atoms with van der Waals surface area (Å²) >= 11 is 0. The van der Waals surface area contributed by atoms with Crippen LogP contribution in [0.25, 0.3) is 11.3 Å². The fourth-order valence-corrected chi connectivity index (χ4v) is 6.87. The number of aromatic carboxylic acids is 1. The van der Waals surface area contributed by atoms with Crippen LogP contribution in [0.5, 0.6) is 5.75 Å². The van der Waals surface area contributed by atoms with Gasteiger partial charge < -0.3 is 14.7 Å². The molecule has 2 aromatic carbocycles. The molecule has 1 amide bonds. The lowest BCUT2D eigenvalue weighted by Crippen LogP contribution is -2.38. The van der Waals surface area contributed by atoms with E-state index in [4.69, 9.17) is 4.74 Å². The Kier molecular flexibility index (Phi) is 8.55. The number of piperidine rings is 1. The molecule has 3 aliphatic rings. The van der Waals surface area contributed by atoms with Crippen LogP contribution in [0.4, 0.5) is 8.78 Å². The SMILES string of the molecule is Cc1cc(C2CCN(C(=O)C3CC3)CC2)ccc1OCC1=C(c2cccc(-n3ncc(C(=O)O)c3C(C)(F)F)c2)CC(C)CC1. The van der Waals surface area contributed by atoms with Crippen LogP contribution in [0.2, 0.25) is 0 Å². The summed E-state index contributed by atoms with van der Waals surface area (Å²) in [5, 5.41) is 13.5. The first-order valence-corrected chi connectivity index (χ1v) is 16.0. The van der Waals surface area contributed by atoms with Gasteiger partial charge in [-0.15, -0.1) is 0 Å². The molecule has 0 bridgehead atoms. The number of hydrogen-bond donors (Lipinski definition) is 1. The van der Waals surface area contributed by atoms with Crippen molar-refractivity contribution in [2.75, 3.05) is 19.7 Å². The van der Waals surface area contributed by atoms with Crippen LogP contribution in [0.3, 0.4) is 0 Å². The molecular formula is C36H41F2N3O4. The smallest absolute Gasteiger partial charge is 0.339 e. The molecule has 1 atom stereocenters. The number of aromatic nitrogens is 2. The van der Waals surface area contributed by atoms with Crippen molar-refractivity contribution in [2.45, 2.75) is 77.6 Å². The summed E-state index contributed by atoms with van der Waals surface area (Å²) < 4.78 is 36.6. The van der Waals surface area contributed by atoms with Gasteiger partial charge in [0.05, 0.1) is 11.9 Å². The summed E-state index contributed by atoms with van der Waals surface area (Å²) in [7, 11) is 0. The molecule has 1 N–H and O–H groups in total. The highest BCUT2D eigenvalue weighted by molar-refractivity contribution is 5.89. The van der Waals surface area contributed by atoms with Crippen molar-refractivity contribution in [2.24, 2.45) is 11.8 Å². The number of carboxylic acid groups (broad SMARTS) is 1. The van der Waals surface area contributed by atoms with Crippen LogP contribution in [-0.4, -0.2) is 51.4 Å². The number of hydrogen-bond acceptors (Lipinski definition) is 4. The van der Waals surface area contributed by atoms with E-state index in [1.54, 1.807) is 12.1 Å². The number of nitrogens with zero attached hydrogens (tertiary/aromatic N) is 3. The fraction of sp³-hybridized carbons (Fsp3) is 0.472. The number of rotatable bonds is 9. The fourth-order valence-electron chi connectivity index (χ4n) is 6.87. The van der Waals surface area contributed by atoms with E-state index < -0.39 is 23.1 Å². The summed E-state index contributed by atoms with van der Waals surface area (Å²) in [6, 6.07) is 13.7. The van der Waals surface area contributed by atoms with Gasteiger partial charge in [0, 0.05) is 25.9 Å². The Labute approximate surface area is 262 Å². The van der Waals surface area contributed by atoms with Gasteiger partial charge in [0.1, 0.15) is 23.6 Å². The highest BCUT2D eigenvalue weighted by atomic mass is 19.3. The molecule has 2 fully saturated rings. The number of likely N-dealkylation sites (tertiary alicyclic amines) is 1. The van der Waals surface area contributed by atoms with Crippen LogP contribution in [0, 0.1) is 18.8 Å². The second kappa shape index (κ2) is 12.4. The first kappa shape index (κ1) is 31.0. The molecule has 1 aromatic heterocycles. The number of carbonyl (C=O) groups excluding carboxylic acids is 1. The van der Waals surface area contributed by atoms with Crippen molar-refractivity contribution in [3.8, 4) is 11.4 Å². The number of allylic oxidation sites excluding steroid dienone is 1. The van der Waals surface area contributed by atoms with Crippen molar-refractivity contribution < 1.29 is 28.2 Å². The zero-order valence-electron chi connectivity index (χ0n) is 26.2. The van der Waals surface area contributed by atoms with Gasteiger partial charge in [-0.05, 0) is 110 Å². The van der Waals surface area contributed by atoms with E-state index in [9.17, 15) is 23.5 Å². The zero-order chi connectivity index (χ0) is 31.9. The quantitative estimate of drug-likeness (QED) is 0.265. The Balaban J connectivity index is 1.19. The number of ether oxygens (including phenoxy) is 1. The highest BCUT2D eigenvalue weighted by Gasteiger charge is 2.36. The standard InChI is InChI=1S/C36H41F2N3O4/c1-22-7-8-28(21-45-32-12-11-26(18-23(32)2)24-13-15-40(16-14-24)34(42)25-9-10-25)30(17-22)27-5-4-6-29(19-27)41-33(36(3,37)38)31(20-39-41)35(43)44/h4-6,11-12,18-20,22,24-25H,7-10,13-17,21H2,1-3H3,(H,43,44). The lowest BCUT2D eigenvalue weighted by molar-refractivity contribution is -0.133. The van der Waals surface area contributed by atoms with E-state index in [0.29, 0.717) is 37.0 Å². The molecule has 0 spiro atoms. The van der Waals surface area contributed by atoms with Crippen LogP contribution in [0.1, 0.15) is 97.5 Å². The maximum Gasteiger partial charge on any atom is 0.339 e. The van der Waals surface area contributed by atoms with Gasteiger partial charge in [-0.2, -0.15) is 13.9 Å². The van der Waals surface area contributed by atoms with Gasteiger partial charge >= 0.3 is 5.97 Å². The van der Waals surface area contributed by atoms with Crippen LogP contribution in [0.15, 0.2) is 54.2 Å². The molecule has 2 aliphatic carbocycles.